The van der Waals surface area contributed by atoms with Gasteiger partial charge < -0.3 is 10.1 Å². The third-order valence-corrected chi connectivity index (χ3v) is 3.65. The molecule has 5 heteroatoms. The molecule has 1 aromatic heterocycles. The normalized spacial score (nSPS) is 12.9. The maximum Gasteiger partial charge on any atom is 0.130 e. The molecule has 4 nitrogen and oxygen atoms in total. The van der Waals surface area contributed by atoms with E-state index in [0.29, 0.717) is 6.04 Å². The standard InChI is InChI=1S/C14H26ClN3O/c1-5-8-19-9-7-12(16-6-2)10-13-11(3)17-18(4)14(13)15/h12,16H,5-10H2,1-4H3. The Bertz CT molecular complexity index is 379. The van der Waals surface area contributed by atoms with Crippen molar-refractivity contribution in [2.24, 2.45) is 7.05 Å². The van der Waals surface area contributed by atoms with E-state index in [0.717, 1.165) is 55.4 Å². The Morgan fingerprint density at radius 2 is 2.11 bits per heavy atom. The Kier molecular flexibility index (Phi) is 7.42. The number of aromatic nitrogens is 2. The monoisotopic (exact) mass is 287 g/mol. The minimum atomic E-state index is 0.391. The van der Waals surface area contributed by atoms with Gasteiger partial charge in [0.05, 0.1) is 5.69 Å². The molecule has 0 amide bonds. The average molecular weight is 288 g/mol. The number of halogens is 1. The predicted octanol–water partition coefficient (Wildman–Crippen LogP) is 2.72. The van der Waals surface area contributed by atoms with E-state index in [4.69, 9.17) is 16.3 Å². The number of hydrogen-bond donors (Lipinski definition) is 1. The summed E-state index contributed by atoms with van der Waals surface area (Å²) in [5.41, 5.74) is 2.16. The summed E-state index contributed by atoms with van der Waals surface area (Å²) in [7, 11) is 1.88. The van der Waals surface area contributed by atoms with E-state index in [1.54, 1.807) is 4.68 Å². The van der Waals surface area contributed by atoms with E-state index in [1.165, 1.54) is 0 Å². The third kappa shape index (κ3) is 5.13. The molecular weight excluding hydrogens is 262 g/mol. The Morgan fingerprint density at radius 1 is 1.37 bits per heavy atom. The topological polar surface area (TPSA) is 39.1 Å². The first-order valence-electron chi connectivity index (χ1n) is 7.09. The molecule has 1 heterocycles. The highest BCUT2D eigenvalue weighted by Crippen LogP contribution is 2.21. The summed E-state index contributed by atoms with van der Waals surface area (Å²) in [5, 5.41) is 8.60. The molecule has 19 heavy (non-hydrogen) atoms. The zero-order valence-corrected chi connectivity index (χ0v) is 13.3. The van der Waals surface area contributed by atoms with Crippen LogP contribution in [0.2, 0.25) is 5.15 Å². The largest absolute Gasteiger partial charge is 0.381 e. The molecule has 0 aromatic carbocycles. The van der Waals surface area contributed by atoms with E-state index in [9.17, 15) is 0 Å². The zero-order valence-electron chi connectivity index (χ0n) is 12.5. The van der Waals surface area contributed by atoms with Crippen LogP contribution in [-0.2, 0) is 18.2 Å². The summed E-state index contributed by atoms with van der Waals surface area (Å²) in [4.78, 5) is 0. The number of rotatable bonds is 9. The van der Waals surface area contributed by atoms with E-state index < -0.39 is 0 Å². The van der Waals surface area contributed by atoms with Crippen molar-refractivity contribution in [3.8, 4) is 0 Å². The quantitative estimate of drug-likeness (QED) is 0.710. The first-order chi connectivity index (χ1) is 9.10. The Balaban J connectivity index is 2.56. The van der Waals surface area contributed by atoms with Crippen LogP contribution in [0.15, 0.2) is 0 Å². The number of aryl methyl sites for hydroxylation is 2. The molecule has 0 aliphatic rings. The van der Waals surface area contributed by atoms with Crippen molar-refractivity contribution in [2.45, 2.75) is 46.1 Å². The van der Waals surface area contributed by atoms with Crippen LogP contribution in [-0.4, -0.2) is 35.6 Å². The summed E-state index contributed by atoms with van der Waals surface area (Å²) in [5.74, 6) is 0. The molecular formula is C14H26ClN3O. The van der Waals surface area contributed by atoms with Crippen molar-refractivity contribution in [3.05, 3.63) is 16.4 Å². The molecule has 1 atom stereocenters. The lowest BCUT2D eigenvalue weighted by atomic mass is 10.0. The second-order valence-corrected chi connectivity index (χ2v) is 5.20. The Morgan fingerprint density at radius 3 is 2.63 bits per heavy atom. The molecule has 1 aromatic rings. The van der Waals surface area contributed by atoms with Crippen LogP contribution < -0.4 is 5.32 Å². The smallest absolute Gasteiger partial charge is 0.130 e. The van der Waals surface area contributed by atoms with E-state index in [1.807, 2.05) is 14.0 Å². The van der Waals surface area contributed by atoms with Gasteiger partial charge in [-0.3, -0.25) is 4.68 Å². The molecule has 0 radical (unpaired) electrons. The van der Waals surface area contributed by atoms with Crippen LogP contribution in [0.5, 0.6) is 0 Å². The molecule has 0 bridgehead atoms. The van der Waals surface area contributed by atoms with Gasteiger partial charge in [0.15, 0.2) is 0 Å². The fourth-order valence-electron chi connectivity index (χ4n) is 2.19. The van der Waals surface area contributed by atoms with Crippen molar-refractivity contribution < 1.29 is 4.74 Å². The molecule has 1 unspecified atom stereocenters. The Labute approximate surface area is 121 Å². The number of nitrogens with one attached hydrogen (secondary N) is 1. The van der Waals surface area contributed by atoms with Gasteiger partial charge in [0.25, 0.3) is 0 Å². The van der Waals surface area contributed by atoms with Crippen LogP contribution in [0, 0.1) is 6.92 Å². The van der Waals surface area contributed by atoms with Gasteiger partial charge in [-0.05, 0) is 32.7 Å². The minimum absolute atomic E-state index is 0.391. The Hall–Kier alpha value is -0.580. The van der Waals surface area contributed by atoms with Crippen LogP contribution >= 0.6 is 11.6 Å². The zero-order chi connectivity index (χ0) is 14.3. The van der Waals surface area contributed by atoms with Crippen LogP contribution in [0.25, 0.3) is 0 Å². The summed E-state index contributed by atoms with van der Waals surface area (Å²) >= 11 is 6.28. The number of likely N-dealkylation sites (N-methyl/N-ethyl adjacent to an activating group) is 1. The van der Waals surface area contributed by atoms with Crippen LogP contribution in [0.1, 0.15) is 37.9 Å². The SMILES string of the molecule is CCCOCCC(Cc1c(C)nn(C)c1Cl)NCC. The number of hydrogen-bond acceptors (Lipinski definition) is 3. The highest BCUT2D eigenvalue weighted by atomic mass is 35.5. The summed E-state index contributed by atoms with van der Waals surface area (Å²) < 4.78 is 7.31. The molecule has 1 N–H and O–H groups in total. The molecule has 0 saturated heterocycles. The molecule has 0 saturated carbocycles. The van der Waals surface area contributed by atoms with Crippen molar-refractivity contribution in [1.29, 1.82) is 0 Å². The van der Waals surface area contributed by atoms with E-state index in [-0.39, 0.29) is 0 Å². The van der Waals surface area contributed by atoms with Gasteiger partial charge in [-0.25, -0.2) is 0 Å². The maximum absolute atomic E-state index is 6.28. The first kappa shape index (κ1) is 16.5. The van der Waals surface area contributed by atoms with Crippen molar-refractivity contribution in [2.75, 3.05) is 19.8 Å². The van der Waals surface area contributed by atoms with Gasteiger partial charge in [-0.1, -0.05) is 25.4 Å². The van der Waals surface area contributed by atoms with Crippen molar-refractivity contribution in [1.82, 2.24) is 15.1 Å². The number of ether oxygens (including phenoxy) is 1. The van der Waals surface area contributed by atoms with E-state index in [2.05, 4.69) is 24.3 Å². The lowest BCUT2D eigenvalue weighted by Crippen LogP contribution is -2.32. The first-order valence-corrected chi connectivity index (χ1v) is 7.47. The molecule has 1 rings (SSSR count). The second kappa shape index (κ2) is 8.56. The lowest BCUT2D eigenvalue weighted by Gasteiger charge is -2.18. The molecule has 0 spiro atoms. The highest BCUT2D eigenvalue weighted by molar-refractivity contribution is 6.30. The molecule has 110 valence electrons. The van der Waals surface area contributed by atoms with Gasteiger partial charge in [0.2, 0.25) is 0 Å². The molecule has 0 fully saturated rings. The maximum atomic E-state index is 6.28. The average Bonchev–Trinajstić information content (AvgIpc) is 2.61. The van der Waals surface area contributed by atoms with Crippen molar-refractivity contribution in [3.63, 3.8) is 0 Å². The number of nitrogens with zero attached hydrogens (tertiary/aromatic N) is 2. The van der Waals surface area contributed by atoms with Crippen molar-refractivity contribution >= 4 is 11.6 Å². The van der Waals surface area contributed by atoms with Crippen LogP contribution in [0.4, 0.5) is 0 Å². The summed E-state index contributed by atoms with van der Waals surface area (Å²) in [6.45, 7) is 8.85. The molecule has 0 aliphatic heterocycles. The predicted molar refractivity (Wildman–Crippen MR) is 79.9 cm³/mol. The third-order valence-electron chi connectivity index (χ3n) is 3.17. The minimum Gasteiger partial charge on any atom is -0.381 e. The van der Waals surface area contributed by atoms with Gasteiger partial charge >= 0.3 is 0 Å². The highest BCUT2D eigenvalue weighted by Gasteiger charge is 2.16. The van der Waals surface area contributed by atoms with Gasteiger partial charge in [-0.15, -0.1) is 0 Å². The summed E-state index contributed by atoms with van der Waals surface area (Å²) in [6, 6.07) is 0.391. The molecule has 0 aliphatic carbocycles. The van der Waals surface area contributed by atoms with Crippen LogP contribution in [0.3, 0.4) is 0 Å². The lowest BCUT2D eigenvalue weighted by molar-refractivity contribution is 0.124. The van der Waals surface area contributed by atoms with Gasteiger partial charge in [-0.2, -0.15) is 5.10 Å². The fraction of sp³-hybridized carbons (Fsp3) is 0.786. The van der Waals surface area contributed by atoms with Gasteiger partial charge in [0.1, 0.15) is 5.15 Å². The fourth-order valence-corrected chi connectivity index (χ4v) is 2.44. The van der Waals surface area contributed by atoms with Gasteiger partial charge in [0, 0.05) is 31.9 Å². The van der Waals surface area contributed by atoms with E-state index >= 15 is 0 Å². The second-order valence-electron chi connectivity index (χ2n) is 4.84. The summed E-state index contributed by atoms with van der Waals surface area (Å²) in [6.07, 6.45) is 2.97.